The average molecular weight is 318 g/mol. The van der Waals surface area contributed by atoms with Crippen LogP contribution in [0.2, 0.25) is 0 Å². The van der Waals surface area contributed by atoms with E-state index in [0.717, 1.165) is 11.3 Å². The van der Waals surface area contributed by atoms with Crippen molar-refractivity contribution in [1.82, 2.24) is 4.98 Å². The van der Waals surface area contributed by atoms with Gasteiger partial charge >= 0.3 is 6.18 Å². The molecule has 114 valence electrons. The van der Waals surface area contributed by atoms with E-state index in [-0.39, 0.29) is 16.4 Å². The van der Waals surface area contributed by atoms with Crippen LogP contribution in [-0.2, 0) is 12.7 Å². The second-order valence-electron chi connectivity index (χ2n) is 4.06. The molecular weight excluding hydrogens is 305 g/mol. The molecule has 0 spiro atoms. The van der Waals surface area contributed by atoms with E-state index in [9.17, 15) is 13.2 Å². The summed E-state index contributed by atoms with van der Waals surface area (Å²) in [6, 6.07) is 4.82. The molecule has 0 unspecified atom stereocenters. The molecule has 21 heavy (non-hydrogen) atoms. The fourth-order valence-corrected chi connectivity index (χ4v) is 2.76. The highest BCUT2D eigenvalue weighted by molar-refractivity contribution is 7.15. The Balaban J connectivity index is 2.50. The molecule has 0 aliphatic carbocycles. The molecule has 0 saturated heterocycles. The van der Waals surface area contributed by atoms with E-state index in [1.807, 2.05) is 0 Å². The Morgan fingerprint density at radius 3 is 2.33 bits per heavy atom. The van der Waals surface area contributed by atoms with Crippen LogP contribution in [0.5, 0.6) is 11.5 Å². The fourth-order valence-electron chi connectivity index (χ4n) is 1.80. The first-order chi connectivity index (χ1) is 9.90. The Morgan fingerprint density at radius 2 is 1.86 bits per heavy atom. The lowest BCUT2D eigenvalue weighted by Gasteiger charge is -2.08. The van der Waals surface area contributed by atoms with Gasteiger partial charge in [0.25, 0.3) is 0 Å². The van der Waals surface area contributed by atoms with Crippen LogP contribution in [0, 0.1) is 0 Å². The third kappa shape index (κ3) is 3.11. The van der Waals surface area contributed by atoms with Gasteiger partial charge in [0.15, 0.2) is 17.2 Å². The zero-order valence-corrected chi connectivity index (χ0v) is 12.1. The highest BCUT2D eigenvalue weighted by atomic mass is 32.1. The molecule has 1 aromatic carbocycles. The molecule has 0 bridgehead atoms. The van der Waals surface area contributed by atoms with Gasteiger partial charge in [-0.15, -0.1) is 11.3 Å². The number of thiazole rings is 1. The first-order valence-corrected chi connectivity index (χ1v) is 6.71. The maximum absolute atomic E-state index is 12.9. The van der Waals surface area contributed by atoms with Gasteiger partial charge in [0, 0.05) is 12.1 Å². The van der Waals surface area contributed by atoms with Crippen LogP contribution in [0.1, 0.15) is 10.6 Å². The second kappa shape index (κ2) is 5.90. The van der Waals surface area contributed by atoms with Gasteiger partial charge in [0.2, 0.25) is 0 Å². The number of aromatic nitrogens is 1. The normalized spacial score (nSPS) is 11.5. The Bertz CT molecular complexity index is 641. The van der Waals surface area contributed by atoms with Gasteiger partial charge in [-0.1, -0.05) is 0 Å². The number of hydrogen-bond donors (Lipinski definition) is 1. The lowest BCUT2D eigenvalue weighted by atomic mass is 10.2. The molecule has 2 aromatic rings. The summed E-state index contributed by atoms with van der Waals surface area (Å²) in [5.74, 6) is 0.918. The van der Waals surface area contributed by atoms with Crippen LogP contribution in [0.25, 0.3) is 10.6 Å². The van der Waals surface area contributed by atoms with E-state index in [2.05, 4.69) is 4.98 Å². The molecule has 2 rings (SSSR count). The predicted molar refractivity (Wildman–Crippen MR) is 73.5 cm³/mol. The van der Waals surface area contributed by atoms with Gasteiger partial charge in [-0.3, -0.25) is 0 Å². The minimum Gasteiger partial charge on any atom is -0.493 e. The molecule has 0 amide bonds. The fraction of sp³-hybridized carbons (Fsp3) is 0.308. The van der Waals surface area contributed by atoms with Gasteiger partial charge in [0.05, 0.1) is 19.1 Å². The van der Waals surface area contributed by atoms with Crippen LogP contribution >= 0.6 is 11.3 Å². The molecule has 4 nitrogen and oxygen atoms in total. The Hall–Kier alpha value is -1.80. The van der Waals surface area contributed by atoms with E-state index in [1.165, 1.54) is 14.2 Å². The summed E-state index contributed by atoms with van der Waals surface area (Å²) in [5, 5.41) is 0.240. The molecule has 0 atom stereocenters. The molecule has 8 heteroatoms. The summed E-state index contributed by atoms with van der Waals surface area (Å²) in [6.45, 7) is -0.209. The number of benzene rings is 1. The second-order valence-corrected chi connectivity index (χ2v) is 5.15. The van der Waals surface area contributed by atoms with Crippen molar-refractivity contribution in [3.05, 3.63) is 28.8 Å². The van der Waals surface area contributed by atoms with E-state index in [4.69, 9.17) is 15.2 Å². The zero-order valence-electron chi connectivity index (χ0n) is 11.3. The number of rotatable bonds is 4. The summed E-state index contributed by atoms with van der Waals surface area (Å²) >= 11 is 0.920. The summed E-state index contributed by atoms with van der Waals surface area (Å²) in [6.07, 6.45) is -4.51. The third-order valence-corrected chi connectivity index (χ3v) is 3.91. The lowest BCUT2D eigenvalue weighted by Crippen LogP contribution is -2.10. The number of nitrogens with two attached hydrogens (primary N) is 1. The molecule has 0 saturated carbocycles. The first-order valence-electron chi connectivity index (χ1n) is 5.90. The maximum Gasteiger partial charge on any atom is 0.434 e. The van der Waals surface area contributed by atoms with E-state index in [1.54, 1.807) is 18.2 Å². The first kappa shape index (κ1) is 15.6. The molecule has 0 aliphatic rings. The summed E-state index contributed by atoms with van der Waals surface area (Å²) in [7, 11) is 2.94. The number of hydrogen-bond acceptors (Lipinski definition) is 5. The van der Waals surface area contributed by atoms with Crippen LogP contribution in [0.15, 0.2) is 18.2 Å². The van der Waals surface area contributed by atoms with Crippen LogP contribution in [-0.4, -0.2) is 19.2 Å². The molecule has 0 radical (unpaired) electrons. The van der Waals surface area contributed by atoms with Gasteiger partial charge < -0.3 is 15.2 Å². The Labute approximate surface area is 123 Å². The summed E-state index contributed by atoms with van der Waals surface area (Å²) in [4.78, 5) is 3.68. The minimum atomic E-state index is -4.51. The highest BCUT2D eigenvalue weighted by Crippen LogP contribution is 2.39. The molecule has 1 aromatic heterocycles. The average Bonchev–Trinajstić information content (AvgIpc) is 2.90. The quantitative estimate of drug-likeness (QED) is 0.939. The van der Waals surface area contributed by atoms with Crippen molar-refractivity contribution in [2.24, 2.45) is 5.73 Å². The van der Waals surface area contributed by atoms with Crippen molar-refractivity contribution in [3.63, 3.8) is 0 Å². The van der Waals surface area contributed by atoms with Crippen LogP contribution in [0.3, 0.4) is 0 Å². The van der Waals surface area contributed by atoms with Gasteiger partial charge in [-0.2, -0.15) is 13.2 Å². The molecule has 1 heterocycles. The monoisotopic (exact) mass is 318 g/mol. The third-order valence-electron chi connectivity index (χ3n) is 2.78. The minimum absolute atomic E-state index is 0.00675. The summed E-state index contributed by atoms with van der Waals surface area (Å²) in [5.41, 5.74) is 4.95. The smallest absolute Gasteiger partial charge is 0.434 e. The Kier molecular flexibility index (Phi) is 4.38. The number of methoxy groups -OCH3 is 2. The lowest BCUT2D eigenvalue weighted by molar-refractivity contribution is -0.141. The Morgan fingerprint density at radius 1 is 1.19 bits per heavy atom. The molecule has 0 aliphatic heterocycles. The molecular formula is C13H13F3N2O2S. The zero-order chi connectivity index (χ0) is 15.6. The summed E-state index contributed by atoms with van der Waals surface area (Å²) < 4.78 is 48.8. The topological polar surface area (TPSA) is 57.4 Å². The number of nitrogens with zero attached hydrogens (tertiary/aromatic N) is 1. The van der Waals surface area contributed by atoms with Crippen LogP contribution < -0.4 is 15.2 Å². The molecule has 0 fully saturated rings. The standard InChI is InChI=1S/C13H13F3N2O2S/c1-19-8-4-3-7(5-9(8)20-2)12-18-11(13(14,15)16)10(6-17)21-12/h3-5H,6,17H2,1-2H3. The largest absolute Gasteiger partial charge is 0.493 e. The van der Waals surface area contributed by atoms with E-state index < -0.39 is 11.9 Å². The molecule has 2 N–H and O–H groups in total. The van der Waals surface area contributed by atoms with Crippen molar-refractivity contribution < 1.29 is 22.6 Å². The van der Waals surface area contributed by atoms with Crippen molar-refractivity contribution >= 4 is 11.3 Å². The predicted octanol–water partition coefficient (Wildman–Crippen LogP) is 3.30. The van der Waals surface area contributed by atoms with Gasteiger partial charge in [-0.25, -0.2) is 4.98 Å². The number of alkyl halides is 3. The van der Waals surface area contributed by atoms with Gasteiger partial charge in [0.1, 0.15) is 5.01 Å². The number of halogens is 3. The van der Waals surface area contributed by atoms with Crippen molar-refractivity contribution in [2.75, 3.05) is 14.2 Å². The van der Waals surface area contributed by atoms with Crippen LogP contribution in [0.4, 0.5) is 13.2 Å². The van der Waals surface area contributed by atoms with Crippen molar-refractivity contribution in [1.29, 1.82) is 0 Å². The van der Waals surface area contributed by atoms with Gasteiger partial charge in [-0.05, 0) is 18.2 Å². The van der Waals surface area contributed by atoms with Crippen molar-refractivity contribution in [3.8, 4) is 22.1 Å². The van der Waals surface area contributed by atoms with E-state index >= 15 is 0 Å². The van der Waals surface area contributed by atoms with E-state index in [0.29, 0.717) is 17.1 Å². The number of ether oxygens (including phenoxy) is 2. The van der Waals surface area contributed by atoms with Crippen molar-refractivity contribution in [2.45, 2.75) is 12.7 Å². The highest BCUT2D eigenvalue weighted by Gasteiger charge is 2.37. The maximum atomic E-state index is 12.9. The SMILES string of the molecule is COc1ccc(-c2nc(C(F)(F)F)c(CN)s2)cc1OC.